The van der Waals surface area contributed by atoms with Crippen molar-refractivity contribution in [3.05, 3.63) is 53.4 Å². The van der Waals surface area contributed by atoms with Crippen molar-refractivity contribution in [3.8, 4) is 17.3 Å². The highest BCUT2D eigenvalue weighted by Gasteiger charge is 2.25. The van der Waals surface area contributed by atoms with E-state index in [-0.39, 0.29) is 12.1 Å². The van der Waals surface area contributed by atoms with Gasteiger partial charge in [0.2, 0.25) is 17.6 Å². The molecule has 0 saturated heterocycles. The number of ether oxygens (including phenoxy) is 1. The lowest BCUT2D eigenvalue weighted by molar-refractivity contribution is 0.248. The molecule has 2 amide bonds. The molecule has 8 heteroatoms. The van der Waals surface area contributed by atoms with E-state index in [0.717, 1.165) is 24.0 Å². The number of urea groups is 1. The zero-order valence-electron chi connectivity index (χ0n) is 15.7. The minimum Gasteiger partial charge on any atom is -0.481 e. The lowest BCUT2D eigenvalue weighted by Gasteiger charge is -2.15. The number of rotatable bonds is 5. The Morgan fingerprint density at radius 2 is 2.18 bits per heavy atom. The van der Waals surface area contributed by atoms with Gasteiger partial charge in [-0.1, -0.05) is 30.3 Å². The van der Waals surface area contributed by atoms with Gasteiger partial charge < -0.3 is 14.6 Å². The first kappa shape index (κ1) is 18.0. The van der Waals surface area contributed by atoms with Crippen LogP contribution in [-0.4, -0.2) is 28.3 Å². The molecule has 0 unspecified atom stereocenters. The standard InChI is InChI=1S/C20H21N5O3/c1-3-17-24-19(25-28-17)13-7-9-14-12(11-13)8-10-15(14)21-20(26)23-16-5-4-6-18(22-16)27-2/h4-7,9,11,15H,3,8,10H2,1-2H3,(H2,21,22,23,26)/t15-/m1/s1. The van der Waals surface area contributed by atoms with E-state index < -0.39 is 0 Å². The molecule has 0 spiro atoms. The second-order valence-corrected chi connectivity index (χ2v) is 6.53. The minimum atomic E-state index is -0.298. The smallest absolute Gasteiger partial charge is 0.320 e. The largest absolute Gasteiger partial charge is 0.481 e. The Labute approximate surface area is 162 Å². The number of pyridine rings is 1. The Balaban J connectivity index is 1.44. The molecule has 2 heterocycles. The highest BCUT2D eigenvalue weighted by atomic mass is 16.5. The van der Waals surface area contributed by atoms with Crippen LogP contribution in [0.1, 0.15) is 36.4 Å². The van der Waals surface area contributed by atoms with Crippen LogP contribution in [0.4, 0.5) is 10.6 Å². The number of amides is 2. The third-order valence-corrected chi connectivity index (χ3v) is 4.73. The van der Waals surface area contributed by atoms with Gasteiger partial charge in [-0.05, 0) is 36.1 Å². The normalized spacial score (nSPS) is 15.1. The van der Waals surface area contributed by atoms with Crippen LogP contribution in [0.25, 0.3) is 11.4 Å². The van der Waals surface area contributed by atoms with Gasteiger partial charge in [0, 0.05) is 18.1 Å². The highest BCUT2D eigenvalue weighted by molar-refractivity contribution is 5.88. The van der Waals surface area contributed by atoms with Crippen molar-refractivity contribution < 1.29 is 14.1 Å². The first-order valence-electron chi connectivity index (χ1n) is 9.20. The number of carbonyl (C=O) groups is 1. The summed E-state index contributed by atoms with van der Waals surface area (Å²) >= 11 is 0. The lowest BCUT2D eigenvalue weighted by atomic mass is 10.0. The molecule has 3 aromatic rings. The highest BCUT2D eigenvalue weighted by Crippen LogP contribution is 2.33. The van der Waals surface area contributed by atoms with E-state index in [1.54, 1.807) is 18.2 Å². The summed E-state index contributed by atoms with van der Waals surface area (Å²) in [7, 11) is 1.54. The van der Waals surface area contributed by atoms with E-state index in [4.69, 9.17) is 9.26 Å². The van der Waals surface area contributed by atoms with Crippen LogP contribution >= 0.6 is 0 Å². The van der Waals surface area contributed by atoms with Crippen LogP contribution < -0.4 is 15.4 Å². The van der Waals surface area contributed by atoms with Crippen molar-refractivity contribution >= 4 is 11.8 Å². The number of hydrogen-bond acceptors (Lipinski definition) is 6. The maximum absolute atomic E-state index is 12.4. The second kappa shape index (κ2) is 7.67. The molecule has 2 N–H and O–H groups in total. The van der Waals surface area contributed by atoms with E-state index >= 15 is 0 Å². The Morgan fingerprint density at radius 1 is 1.29 bits per heavy atom. The van der Waals surface area contributed by atoms with Crippen LogP contribution in [0, 0.1) is 0 Å². The summed E-state index contributed by atoms with van der Waals surface area (Å²) in [4.78, 5) is 20.9. The third kappa shape index (κ3) is 3.66. The molecule has 1 aromatic carbocycles. The van der Waals surface area contributed by atoms with Crippen LogP contribution in [0.5, 0.6) is 5.88 Å². The van der Waals surface area contributed by atoms with Gasteiger partial charge in [-0.25, -0.2) is 4.79 Å². The van der Waals surface area contributed by atoms with E-state index in [0.29, 0.717) is 29.8 Å². The molecule has 0 aliphatic heterocycles. The van der Waals surface area contributed by atoms with E-state index in [2.05, 4.69) is 31.8 Å². The molecule has 0 radical (unpaired) electrons. The van der Waals surface area contributed by atoms with Gasteiger partial charge in [0.05, 0.1) is 13.2 Å². The van der Waals surface area contributed by atoms with Gasteiger partial charge in [-0.3, -0.25) is 5.32 Å². The third-order valence-electron chi connectivity index (χ3n) is 4.73. The van der Waals surface area contributed by atoms with Crippen molar-refractivity contribution in [2.24, 2.45) is 0 Å². The predicted molar refractivity (Wildman–Crippen MR) is 103 cm³/mol. The topological polar surface area (TPSA) is 102 Å². The maximum Gasteiger partial charge on any atom is 0.320 e. The van der Waals surface area contributed by atoms with Gasteiger partial charge in [-0.15, -0.1) is 0 Å². The number of fused-ring (bicyclic) bond motifs is 1. The van der Waals surface area contributed by atoms with Gasteiger partial charge >= 0.3 is 6.03 Å². The van der Waals surface area contributed by atoms with Crippen molar-refractivity contribution in [3.63, 3.8) is 0 Å². The van der Waals surface area contributed by atoms with E-state index in [9.17, 15) is 4.79 Å². The molecule has 1 aliphatic rings. The lowest BCUT2D eigenvalue weighted by Crippen LogP contribution is -2.31. The summed E-state index contributed by atoms with van der Waals surface area (Å²) in [5.74, 6) is 2.11. The number of benzene rings is 1. The van der Waals surface area contributed by atoms with Crippen LogP contribution in [0.2, 0.25) is 0 Å². The fraction of sp³-hybridized carbons (Fsp3) is 0.300. The van der Waals surface area contributed by atoms with Crippen LogP contribution in [-0.2, 0) is 12.8 Å². The van der Waals surface area contributed by atoms with Crippen LogP contribution in [0.3, 0.4) is 0 Å². The van der Waals surface area contributed by atoms with Crippen molar-refractivity contribution in [1.82, 2.24) is 20.4 Å². The fourth-order valence-electron chi connectivity index (χ4n) is 3.33. The number of anilines is 1. The number of aryl methyl sites for hydroxylation is 2. The molecule has 8 nitrogen and oxygen atoms in total. The molecule has 1 atom stereocenters. The van der Waals surface area contributed by atoms with Crippen molar-refractivity contribution in [2.75, 3.05) is 12.4 Å². The van der Waals surface area contributed by atoms with Crippen LogP contribution in [0.15, 0.2) is 40.9 Å². The molecular formula is C20H21N5O3. The Kier molecular flexibility index (Phi) is 4.92. The van der Waals surface area contributed by atoms with Crippen molar-refractivity contribution in [2.45, 2.75) is 32.2 Å². The summed E-state index contributed by atoms with van der Waals surface area (Å²) in [6.07, 6.45) is 2.43. The number of nitrogens with one attached hydrogen (secondary N) is 2. The van der Waals surface area contributed by atoms with Gasteiger partial charge in [0.15, 0.2) is 0 Å². The number of aromatic nitrogens is 3. The van der Waals surface area contributed by atoms with E-state index in [1.807, 2.05) is 19.1 Å². The molecule has 0 bridgehead atoms. The maximum atomic E-state index is 12.4. The zero-order valence-corrected chi connectivity index (χ0v) is 15.7. The molecule has 0 saturated carbocycles. The molecule has 4 rings (SSSR count). The fourth-order valence-corrected chi connectivity index (χ4v) is 3.33. The summed E-state index contributed by atoms with van der Waals surface area (Å²) in [5.41, 5.74) is 3.22. The molecular weight excluding hydrogens is 358 g/mol. The summed E-state index contributed by atoms with van der Waals surface area (Å²) in [5, 5.41) is 9.79. The molecule has 1 aliphatic carbocycles. The van der Waals surface area contributed by atoms with Gasteiger partial charge in [-0.2, -0.15) is 9.97 Å². The SMILES string of the molecule is CCc1nc(-c2ccc3c(c2)CC[C@H]3NC(=O)Nc2cccc(OC)n2)no1. The Morgan fingerprint density at radius 3 is 2.96 bits per heavy atom. The number of carbonyl (C=O) groups excluding carboxylic acids is 1. The monoisotopic (exact) mass is 379 g/mol. The first-order chi connectivity index (χ1) is 13.7. The summed E-state index contributed by atoms with van der Waals surface area (Å²) in [6.45, 7) is 1.97. The van der Waals surface area contributed by atoms with E-state index in [1.165, 1.54) is 12.7 Å². The zero-order chi connectivity index (χ0) is 19.5. The van der Waals surface area contributed by atoms with Gasteiger partial charge in [0.25, 0.3) is 0 Å². The first-order valence-corrected chi connectivity index (χ1v) is 9.20. The van der Waals surface area contributed by atoms with Gasteiger partial charge in [0.1, 0.15) is 5.82 Å². The molecule has 0 fully saturated rings. The summed E-state index contributed by atoms with van der Waals surface area (Å²) in [6, 6.07) is 10.9. The molecule has 28 heavy (non-hydrogen) atoms. The predicted octanol–water partition coefficient (Wildman–Crippen LogP) is 3.51. The Bertz CT molecular complexity index is 1000. The summed E-state index contributed by atoms with van der Waals surface area (Å²) < 4.78 is 10.3. The average Bonchev–Trinajstić information content (AvgIpc) is 3.35. The van der Waals surface area contributed by atoms with Crippen molar-refractivity contribution in [1.29, 1.82) is 0 Å². The quantitative estimate of drug-likeness (QED) is 0.703. The minimum absolute atomic E-state index is 0.0499. The molecule has 144 valence electrons. The number of methoxy groups -OCH3 is 1. The number of nitrogens with zero attached hydrogens (tertiary/aromatic N) is 3. The Hall–Kier alpha value is -3.42. The second-order valence-electron chi connectivity index (χ2n) is 6.53. The number of hydrogen-bond donors (Lipinski definition) is 2. The molecule has 2 aromatic heterocycles. The average molecular weight is 379 g/mol.